The number of hydrogen-bond acceptors (Lipinski definition) is 3. The molecular formula is C14H24N2O4. The first-order valence-corrected chi connectivity index (χ1v) is 7.49. The first kappa shape index (κ1) is 15.1. The molecule has 4 N–H and O–H groups in total. The number of amides is 2. The third kappa shape index (κ3) is 3.42. The van der Waals surface area contributed by atoms with Crippen LogP contribution in [0, 0.1) is 5.41 Å². The number of aliphatic hydroxyl groups is 1. The van der Waals surface area contributed by atoms with E-state index >= 15 is 0 Å². The summed E-state index contributed by atoms with van der Waals surface area (Å²) in [4.78, 5) is 23.0. The van der Waals surface area contributed by atoms with E-state index in [9.17, 15) is 19.8 Å². The lowest BCUT2D eigenvalue weighted by molar-refractivity contribution is -0.153. The molecule has 0 aromatic heterocycles. The first-order chi connectivity index (χ1) is 9.53. The second-order valence-electron chi connectivity index (χ2n) is 6.08. The Morgan fingerprint density at radius 3 is 2.40 bits per heavy atom. The predicted octanol–water partition coefficient (Wildman–Crippen LogP) is 1.23. The van der Waals surface area contributed by atoms with Crippen LogP contribution in [-0.2, 0) is 4.79 Å². The highest BCUT2D eigenvalue weighted by Gasteiger charge is 2.44. The number of carboxylic acids is 1. The molecule has 2 unspecified atom stereocenters. The monoisotopic (exact) mass is 284 g/mol. The fraction of sp³-hybridized carbons (Fsp3) is 0.857. The molecule has 2 atom stereocenters. The highest BCUT2D eigenvalue weighted by Crippen LogP contribution is 2.40. The normalized spacial score (nSPS) is 28.9. The van der Waals surface area contributed by atoms with Crippen LogP contribution in [-0.4, -0.2) is 40.9 Å². The summed E-state index contributed by atoms with van der Waals surface area (Å²) in [7, 11) is 0. The van der Waals surface area contributed by atoms with Crippen LogP contribution in [0.4, 0.5) is 4.79 Å². The number of aliphatic hydroxyl groups excluding tert-OH is 1. The van der Waals surface area contributed by atoms with E-state index in [0.717, 1.165) is 32.1 Å². The van der Waals surface area contributed by atoms with Gasteiger partial charge in [0.25, 0.3) is 0 Å². The SMILES string of the molecule is O=C(NCC1(C(=O)O)CCC1)NC1CCCCCC1O. The molecule has 2 rings (SSSR count). The molecule has 0 heterocycles. The maximum Gasteiger partial charge on any atom is 0.315 e. The molecule has 2 fully saturated rings. The van der Waals surface area contributed by atoms with Gasteiger partial charge in [0.1, 0.15) is 0 Å². The Bertz CT molecular complexity index is 368. The highest BCUT2D eigenvalue weighted by molar-refractivity contribution is 5.79. The molecule has 20 heavy (non-hydrogen) atoms. The lowest BCUT2D eigenvalue weighted by Gasteiger charge is -2.37. The van der Waals surface area contributed by atoms with Crippen molar-refractivity contribution in [1.82, 2.24) is 10.6 Å². The summed E-state index contributed by atoms with van der Waals surface area (Å²) in [5, 5.41) is 24.5. The van der Waals surface area contributed by atoms with Gasteiger partial charge in [-0.25, -0.2) is 4.79 Å². The van der Waals surface area contributed by atoms with Crippen LogP contribution in [0.5, 0.6) is 0 Å². The van der Waals surface area contributed by atoms with E-state index in [-0.39, 0.29) is 18.6 Å². The zero-order valence-corrected chi connectivity index (χ0v) is 11.7. The molecule has 114 valence electrons. The second-order valence-corrected chi connectivity index (χ2v) is 6.08. The van der Waals surface area contributed by atoms with Crippen molar-refractivity contribution in [1.29, 1.82) is 0 Å². The fourth-order valence-electron chi connectivity index (χ4n) is 3.00. The number of carbonyl (C=O) groups excluding carboxylic acids is 1. The minimum absolute atomic E-state index is 0.164. The van der Waals surface area contributed by atoms with E-state index in [1.165, 1.54) is 0 Å². The molecular weight excluding hydrogens is 260 g/mol. The van der Waals surface area contributed by atoms with E-state index in [1.807, 2.05) is 0 Å². The quantitative estimate of drug-likeness (QED) is 0.584. The Balaban J connectivity index is 1.78. The minimum Gasteiger partial charge on any atom is -0.481 e. The van der Waals surface area contributed by atoms with Crippen LogP contribution in [0.15, 0.2) is 0 Å². The van der Waals surface area contributed by atoms with Crippen LogP contribution in [0.2, 0.25) is 0 Å². The largest absolute Gasteiger partial charge is 0.481 e. The average molecular weight is 284 g/mol. The van der Waals surface area contributed by atoms with E-state index in [0.29, 0.717) is 19.3 Å². The van der Waals surface area contributed by atoms with Gasteiger partial charge in [-0.15, -0.1) is 0 Å². The Kier molecular flexibility index (Phi) is 4.86. The summed E-state index contributed by atoms with van der Waals surface area (Å²) >= 11 is 0. The molecule has 6 nitrogen and oxygen atoms in total. The molecule has 0 saturated heterocycles. The molecule has 6 heteroatoms. The zero-order chi connectivity index (χ0) is 14.6. The number of rotatable bonds is 4. The molecule has 2 aliphatic carbocycles. The number of urea groups is 1. The Hall–Kier alpha value is -1.30. The third-order valence-electron chi connectivity index (χ3n) is 4.65. The molecule has 0 aromatic rings. The van der Waals surface area contributed by atoms with E-state index in [1.54, 1.807) is 0 Å². The zero-order valence-electron chi connectivity index (χ0n) is 11.7. The van der Waals surface area contributed by atoms with Crippen molar-refractivity contribution in [3.63, 3.8) is 0 Å². The summed E-state index contributed by atoms with van der Waals surface area (Å²) in [6.07, 6.45) is 6.20. The average Bonchev–Trinajstić information content (AvgIpc) is 2.53. The number of carbonyl (C=O) groups is 2. The molecule has 2 aliphatic rings. The molecule has 2 saturated carbocycles. The summed E-state index contributed by atoms with van der Waals surface area (Å²) < 4.78 is 0. The molecule has 0 bridgehead atoms. The third-order valence-corrected chi connectivity index (χ3v) is 4.65. The Morgan fingerprint density at radius 1 is 1.10 bits per heavy atom. The second kappa shape index (κ2) is 6.43. The summed E-state index contributed by atoms with van der Waals surface area (Å²) in [5.41, 5.74) is -0.778. The van der Waals surface area contributed by atoms with Crippen molar-refractivity contribution < 1.29 is 19.8 Å². The van der Waals surface area contributed by atoms with Crippen LogP contribution >= 0.6 is 0 Å². The molecule has 0 radical (unpaired) electrons. The van der Waals surface area contributed by atoms with Crippen LogP contribution in [0.3, 0.4) is 0 Å². The number of nitrogens with one attached hydrogen (secondary N) is 2. The fourth-order valence-corrected chi connectivity index (χ4v) is 3.00. The molecule has 0 aromatic carbocycles. The van der Waals surface area contributed by atoms with Crippen molar-refractivity contribution in [3.05, 3.63) is 0 Å². The topological polar surface area (TPSA) is 98.7 Å². The first-order valence-electron chi connectivity index (χ1n) is 7.49. The van der Waals surface area contributed by atoms with Crippen molar-refractivity contribution in [2.24, 2.45) is 5.41 Å². The Labute approximate surface area is 118 Å². The van der Waals surface area contributed by atoms with Gasteiger partial charge in [-0.05, 0) is 25.7 Å². The molecule has 0 aliphatic heterocycles. The maximum atomic E-state index is 11.9. The minimum atomic E-state index is -0.835. The maximum absolute atomic E-state index is 11.9. The lowest BCUT2D eigenvalue weighted by Crippen LogP contribution is -2.52. The van der Waals surface area contributed by atoms with E-state index in [4.69, 9.17) is 0 Å². The summed E-state index contributed by atoms with van der Waals surface area (Å²) in [5.74, 6) is -0.835. The molecule has 0 spiro atoms. The van der Waals surface area contributed by atoms with Gasteiger partial charge in [0, 0.05) is 6.54 Å². The standard InChI is InChI=1S/C14H24N2O4/c17-11-6-3-1-2-5-10(11)16-13(20)15-9-14(12(18)19)7-4-8-14/h10-11,17H,1-9H2,(H,18,19)(H2,15,16,20). The van der Waals surface area contributed by atoms with Gasteiger partial charge in [0.2, 0.25) is 0 Å². The van der Waals surface area contributed by atoms with Crippen molar-refractivity contribution in [2.45, 2.75) is 63.5 Å². The van der Waals surface area contributed by atoms with Gasteiger partial charge in [-0.3, -0.25) is 4.79 Å². The van der Waals surface area contributed by atoms with Gasteiger partial charge in [-0.1, -0.05) is 25.7 Å². The number of carboxylic acid groups (broad SMARTS) is 1. The predicted molar refractivity (Wildman–Crippen MR) is 73.3 cm³/mol. The Morgan fingerprint density at radius 2 is 1.80 bits per heavy atom. The van der Waals surface area contributed by atoms with E-state index in [2.05, 4.69) is 10.6 Å². The smallest absolute Gasteiger partial charge is 0.315 e. The highest BCUT2D eigenvalue weighted by atomic mass is 16.4. The van der Waals surface area contributed by atoms with Gasteiger partial charge in [0.15, 0.2) is 0 Å². The lowest BCUT2D eigenvalue weighted by atomic mass is 9.69. The van der Waals surface area contributed by atoms with Crippen LogP contribution in [0.1, 0.15) is 51.4 Å². The van der Waals surface area contributed by atoms with Crippen LogP contribution in [0.25, 0.3) is 0 Å². The summed E-state index contributed by atoms with van der Waals surface area (Å²) in [6.45, 7) is 0.164. The number of aliphatic carboxylic acids is 1. The van der Waals surface area contributed by atoms with Crippen molar-refractivity contribution >= 4 is 12.0 Å². The van der Waals surface area contributed by atoms with Gasteiger partial charge >= 0.3 is 12.0 Å². The summed E-state index contributed by atoms with van der Waals surface area (Å²) in [6, 6.07) is -0.594. The van der Waals surface area contributed by atoms with Gasteiger partial charge < -0.3 is 20.8 Å². The van der Waals surface area contributed by atoms with Crippen LogP contribution < -0.4 is 10.6 Å². The van der Waals surface area contributed by atoms with Crippen molar-refractivity contribution in [2.75, 3.05) is 6.54 Å². The van der Waals surface area contributed by atoms with E-state index < -0.39 is 17.5 Å². The molecule has 2 amide bonds. The van der Waals surface area contributed by atoms with Gasteiger partial charge in [-0.2, -0.15) is 0 Å². The number of hydrogen-bond donors (Lipinski definition) is 4. The van der Waals surface area contributed by atoms with Crippen molar-refractivity contribution in [3.8, 4) is 0 Å². The van der Waals surface area contributed by atoms with Gasteiger partial charge in [0.05, 0.1) is 17.6 Å².